The number of hydrogen-bond acceptors (Lipinski definition) is 4. The molecule has 0 fully saturated rings. The van der Waals surface area contributed by atoms with E-state index in [0.29, 0.717) is 16.8 Å². The number of para-hydroxylation sites is 1. The monoisotopic (exact) mass is 340 g/mol. The van der Waals surface area contributed by atoms with Crippen LogP contribution in [0.5, 0.6) is 0 Å². The maximum atomic E-state index is 12.5. The molecule has 0 saturated carbocycles. The van der Waals surface area contributed by atoms with Crippen molar-refractivity contribution in [2.45, 2.75) is 17.9 Å². The van der Waals surface area contributed by atoms with E-state index in [-0.39, 0.29) is 0 Å². The Kier molecular flexibility index (Phi) is 4.40. The molecule has 122 valence electrons. The molecule has 1 aliphatic rings. The molecule has 1 N–H and O–H groups in total. The molecule has 5 nitrogen and oxygen atoms in total. The number of thioether (sulfide) groups is 1. The molecule has 1 unspecified atom stereocenters. The molecule has 0 aliphatic carbocycles. The number of nitrogens with one attached hydrogen (secondary N) is 1. The van der Waals surface area contributed by atoms with Crippen LogP contribution in [0.4, 0.5) is 5.69 Å². The average molecular weight is 340 g/mol. The van der Waals surface area contributed by atoms with E-state index >= 15 is 0 Å². The normalized spacial score (nSPS) is 14.5. The molecule has 2 aromatic carbocycles. The van der Waals surface area contributed by atoms with Crippen molar-refractivity contribution in [3.8, 4) is 0 Å². The first-order valence-corrected chi connectivity index (χ1v) is 8.68. The Morgan fingerprint density at radius 1 is 1.00 bits per heavy atom. The minimum Gasteiger partial charge on any atom is -0.323 e. The average Bonchev–Trinajstić information content (AvgIpc) is 2.86. The van der Waals surface area contributed by atoms with Gasteiger partial charge in [0.15, 0.2) is 0 Å². The van der Waals surface area contributed by atoms with E-state index in [1.807, 2.05) is 24.5 Å². The number of anilines is 1. The van der Waals surface area contributed by atoms with Crippen molar-refractivity contribution in [2.24, 2.45) is 0 Å². The summed E-state index contributed by atoms with van der Waals surface area (Å²) < 4.78 is 0. The van der Waals surface area contributed by atoms with Crippen LogP contribution in [0, 0.1) is 0 Å². The zero-order chi connectivity index (χ0) is 17.3. The Morgan fingerprint density at radius 2 is 1.54 bits per heavy atom. The van der Waals surface area contributed by atoms with Crippen LogP contribution in [0.15, 0.2) is 53.4 Å². The summed E-state index contributed by atoms with van der Waals surface area (Å²) in [5.41, 5.74) is 1.34. The van der Waals surface area contributed by atoms with Crippen LogP contribution in [0.3, 0.4) is 0 Å². The smallest absolute Gasteiger partial charge is 0.262 e. The van der Waals surface area contributed by atoms with Crippen molar-refractivity contribution in [1.82, 2.24) is 4.90 Å². The molecule has 0 aromatic heterocycles. The van der Waals surface area contributed by atoms with Gasteiger partial charge in [0.05, 0.1) is 16.8 Å². The van der Waals surface area contributed by atoms with Crippen LogP contribution in [-0.4, -0.2) is 34.9 Å². The van der Waals surface area contributed by atoms with E-state index in [1.54, 1.807) is 37.3 Å². The van der Waals surface area contributed by atoms with E-state index in [1.165, 1.54) is 11.8 Å². The first-order chi connectivity index (χ1) is 11.5. The van der Waals surface area contributed by atoms with Gasteiger partial charge in [-0.3, -0.25) is 19.3 Å². The first kappa shape index (κ1) is 16.3. The molecule has 2 aromatic rings. The van der Waals surface area contributed by atoms with Crippen LogP contribution in [0.1, 0.15) is 27.6 Å². The number of amides is 3. The molecule has 6 heteroatoms. The lowest BCUT2D eigenvalue weighted by Gasteiger charge is -2.22. The lowest BCUT2D eigenvalue weighted by Crippen LogP contribution is -2.45. The summed E-state index contributed by atoms with van der Waals surface area (Å²) in [6.07, 6.45) is 1.92. The van der Waals surface area contributed by atoms with Gasteiger partial charge in [0, 0.05) is 4.90 Å². The fraction of sp³-hybridized carbons (Fsp3) is 0.167. The Balaban J connectivity index is 1.82. The zero-order valence-electron chi connectivity index (χ0n) is 13.3. The number of nitrogens with zero attached hydrogens (tertiary/aromatic N) is 1. The van der Waals surface area contributed by atoms with Gasteiger partial charge >= 0.3 is 0 Å². The van der Waals surface area contributed by atoms with Gasteiger partial charge in [0.1, 0.15) is 6.04 Å². The predicted molar refractivity (Wildman–Crippen MR) is 93.3 cm³/mol. The van der Waals surface area contributed by atoms with E-state index < -0.39 is 23.8 Å². The van der Waals surface area contributed by atoms with E-state index in [9.17, 15) is 14.4 Å². The third-order valence-electron chi connectivity index (χ3n) is 3.96. The first-order valence-electron chi connectivity index (χ1n) is 7.45. The van der Waals surface area contributed by atoms with Crippen molar-refractivity contribution in [3.63, 3.8) is 0 Å². The minimum absolute atomic E-state index is 0.340. The number of imide groups is 1. The van der Waals surface area contributed by atoms with Crippen molar-refractivity contribution in [1.29, 1.82) is 0 Å². The standard InChI is InChI=1S/C18H16N2O3S/c1-11(16(21)19-14-9-5-6-10-15(14)24-2)20-17(22)12-7-3-4-8-13(12)18(20)23/h3-11H,1-2H3,(H,19,21). The third-order valence-corrected chi connectivity index (χ3v) is 4.75. The molecule has 1 heterocycles. The van der Waals surface area contributed by atoms with Crippen molar-refractivity contribution < 1.29 is 14.4 Å². The van der Waals surface area contributed by atoms with Gasteiger partial charge in [-0.1, -0.05) is 24.3 Å². The molecule has 1 aliphatic heterocycles. The maximum Gasteiger partial charge on any atom is 0.262 e. The van der Waals surface area contributed by atoms with Gasteiger partial charge < -0.3 is 5.32 Å². The summed E-state index contributed by atoms with van der Waals surface area (Å²) in [4.78, 5) is 39.4. The summed E-state index contributed by atoms with van der Waals surface area (Å²) >= 11 is 1.51. The molecular formula is C18H16N2O3S. The highest BCUT2D eigenvalue weighted by atomic mass is 32.2. The van der Waals surface area contributed by atoms with Crippen LogP contribution in [-0.2, 0) is 4.79 Å². The van der Waals surface area contributed by atoms with Crippen LogP contribution < -0.4 is 5.32 Å². The summed E-state index contributed by atoms with van der Waals surface area (Å²) in [5, 5.41) is 2.80. The fourth-order valence-corrected chi connectivity index (χ4v) is 3.22. The van der Waals surface area contributed by atoms with Crippen LogP contribution in [0.25, 0.3) is 0 Å². The summed E-state index contributed by atoms with van der Waals surface area (Å²) in [6, 6.07) is 13.1. The number of carbonyl (C=O) groups is 3. The molecule has 0 saturated heterocycles. The topological polar surface area (TPSA) is 66.5 Å². The quantitative estimate of drug-likeness (QED) is 0.686. The molecule has 0 spiro atoms. The Morgan fingerprint density at radius 3 is 2.12 bits per heavy atom. The lowest BCUT2D eigenvalue weighted by atomic mass is 10.1. The molecule has 0 bridgehead atoms. The number of benzene rings is 2. The van der Waals surface area contributed by atoms with Crippen molar-refractivity contribution in [2.75, 3.05) is 11.6 Å². The fourth-order valence-electron chi connectivity index (χ4n) is 2.66. The maximum absolute atomic E-state index is 12.5. The highest BCUT2D eigenvalue weighted by Crippen LogP contribution is 2.27. The van der Waals surface area contributed by atoms with Gasteiger partial charge in [-0.05, 0) is 37.4 Å². The number of fused-ring (bicyclic) bond motifs is 1. The molecule has 24 heavy (non-hydrogen) atoms. The molecule has 3 amide bonds. The van der Waals surface area contributed by atoms with E-state index in [0.717, 1.165) is 9.80 Å². The summed E-state index contributed by atoms with van der Waals surface area (Å²) in [6.45, 7) is 1.55. The molecule has 0 radical (unpaired) electrons. The predicted octanol–water partition coefficient (Wildman–Crippen LogP) is 3.03. The van der Waals surface area contributed by atoms with Crippen molar-refractivity contribution in [3.05, 3.63) is 59.7 Å². The number of rotatable bonds is 4. The highest BCUT2D eigenvalue weighted by Gasteiger charge is 2.40. The zero-order valence-corrected chi connectivity index (χ0v) is 14.1. The molecular weight excluding hydrogens is 324 g/mol. The van der Waals surface area contributed by atoms with Gasteiger partial charge in [0.2, 0.25) is 5.91 Å². The second kappa shape index (κ2) is 6.49. The van der Waals surface area contributed by atoms with Crippen molar-refractivity contribution >= 4 is 35.2 Å². The minimum atomic E-state index is -0.896. The molecule has 1 atom stereocenters. The Hall–Kier alpha value is -2.60. The Labute approximate surface area is 144 Å². The van der Waals surface area contributed by atoms with E-state index in [4.69, 9.17) is 0 Å². The third kappa shape index (κ3) is 2.69. The van der Waals surface area contributed by atoms with Crippen LogP contribution in [0.2, 0.25) is 0 Å². The highest BCUT2D eigenvalue weighted by molar-refractivity contribution is 7.98. The second-order valence-corrected chi connectivity index (χ2v) is 6.24. The lowest BCUT2D eigenvalue weighted by molar-refractivity contribution is -0.119. The number of carbonyl (C=O) groups excluding carboxylic acids is 3. The van der Waals surface area contributed by atoms with E-state index in [2.05, 4.69) is 5.32 Å². The summed E-state index contributed by atoms with van der Waals surface area (Å²) in [7, 11) is 0. The second-order valence-electron chi connectivity index (χ2n) is 5.39. The SMILES string of the molecule is CSc1ccccc1NC(=O)C(C)N1C(=O)c2ccccc2C1=O. The van der Waals surface area contributed by atoms with Gasteiger partial charge in [-0.25, -0.2) is 0 Å². The van der Waals surface area contributed by atoms with Gasteiger partial charge in [0.25, 0.3) is 11.8 Å². The largest absolute Gasteiger partial charge is 0.323 e. The van der Waals surface area contributed by atoms with Crippen LogP contribution >= 0.6 is 11.8 Å². The Bertz CT molecular complexity index is 800. The summed E-state index contributed by atoms with van der Waals surface area (Å²) in [5.74, 6) is -1.26. The van der Waals surface area contributed by atoms with Gasteiger partial charge in [-0.15, -0.1) is 11.8 Å². The van der Waals surface area contributed by atoms with Gasteiger partial charge in [-0.2, -0.15) is 0 Å². The number of hydrogen-bond donors (Lipinski definition) is 1. The molecule has 3 rings (SSSR count).